The number of nitrogens with two attached hydrogens (primary N) is 1. The topological polar surface area (TPSA) is 46.2 Å². The van der Waals surface area contributed by atoms with Crippen molar-refractivity contribution in [1.82, 2.24) is 0 Å². The first-order chi connectivity index (χ1) is 8.04. The van der Waals surface area contributed by atoms with Gasteiger partial charge in [-0.25, -0.2) is 0 Å². The quantitative estimate of drug-likeness (QED) is 0.850. The SMILES string of the molecule is CC(C)(CO)[C@H](N)c1ccc2ccccc2c1. The molecule has 2 heteroatoms. The van der Waals surface area contributed by atoms with Crippen LogP contribution in [0.25, 0.3) is 10.8 Å². The number of rotatable bonds is 3. The number of aliphatic hydroxyl groups is 1. The van der Waals surface area contributed by atoms with Crippen LogP contribution >= 0.6 is 0 Å². The van der Waals surface area contributed by atoms with Gasteiger partial charge in [-0.3, -0.25) is 0 Å². The van der Waals surface area contributed by atoms with Gasteiger partial charge in [0.1, 0.15) is 0 Å². The lowest BCUT2D eigenvalue weighted by Crippen LogP contribution is -2.32. The summed E-state index contributed by atoms with van der Waals surface area (Å²) in [5, 5.41) is 11.8. The third kappa shape index (κ3) is 2.33. The van der Waals surface area contributed by atoms with Gasteiger partial charge < -0.3 is 10.8 Å². The Kier molecular flexibility index (Phi) is 3.18. The van der Waals surface area contributed by atoms with Crippen LogP contribution in [0.1, 0.15) is 25.5 Å². The van der Waals surface area contributed by atoms with Crippen molar-refractivity contribution < 1.29 is 5.11 Å². The van der Waals surface area contributed by atoms with Gasteiger partial charge in [-0.2, -0.15) is 0 Å². The highest BCUT2D eigenvalue weighted by molar-refractivity contribution is 5.83. The molecule has 17 heavy (non-hydrogen) atoms. The van der Waals surface area contributed by atoms with E-state index in [1.165, 1.54) is 10.8 Å². The molecule has 2 aromatic carbocycles. The predicted molar refractivity (Wildman–Crippen MR) is 71.7 cm³/mol. The molecule has 2 nitrogen and oxygen atoms in total. The largest absolute Gasteiger partial charge is 0.396 e. The van der Waals surface area contributed by atoms with Gasteiger partial charge >= 0.3 is 0 Å². The third-order valence-electron chi connectivity index (χ3n) is 3.38. The van der Waals surface area contributed by atoms with Crippen LogP contribution in [0.4, 0.5) is 0 Å². The van der Waals surface area contributed by atoms with E-state index in [0.29, 0.717) is 0 Å². The molecule has 2 rings (SSSR count). The molecule has 0 radical (unpaired) electrons. The minimum absolute atomic E-state index is 0.0843. The number of fused-ring (bicyclic) bond motifs is 1. The van der Waals surface area contributed by atoms with Crippen molar-refractivity contribution in [3.05, 3.63) is 48.0 Å². The van der Waals surface area contributed by atoms with Crippen molar-refractivity contribution in [1.29, 1.82) is 0 Å². The molecule has 0 heterocycles. The van der Waals surface area contributed by atoms with Crippen molar-refractivity contribution in [3.8, 4) is 0 Å². The second-order valence-electron chi connectivity index (χ2n) is 5.23. The fourth-order valence-electron chi connectivity index (χ4n) is 1.95. The normalized spacial score (nSPS) is 13.9. The molecular weight excluding hydrogens is 210 g/mol. The van der Waals surface area contributed by atoms with Crippen LogP contribution in [0.3, 0.4) is 0 Å². The van der Waals surface area contributed by atoms with Crippen LogP contribution in [-0.2, 0) is 0 Å². The molecule has 0 amide bonds. The van der Waals surface area contributed by atoms with Crippen molar-refractivity contribution in [2.45, 2.75) is 19.9 Å². The summed E-state index contributed by atoms with van der Waals surface area (Å²) >= 11 is 0. The minimum Gasteiger partial charge on any atom is -0.396 e. The molecule has 3 N–H and O–H groups in total. The summed E-state index contributed by atoms with van der Waals surface area (Å²) in [5.41, 5.74) is 6.98. The van der Waals surface area contributed by atoms with Gasteiger partial charge in [0.05, 0.1) is 0 Å². The van der Waals surface area contributed by atoms with Crippen LogP contribution in [0.5, 0.6) is 0 Å². The van der Waals surface area contributed by atoms with Crippen LogP contribution in [0, 0.1) is 5.41 Å². The van der Waals surface area contributed by atoms with E-state index >= 15 is 0 Å². The zero-order valence-electron chi connectivity index (χ0n) is 10.4. The van der Waals surface area contributed by atoms with Crippen molar-refractivity contribution in [2.75, 3.05) is 6.61 Å². The Hall–Kier alpha value is -1.38. The highest BCUT2D eigenvalue weighted by Gasteiger charge is 2.26. The summed E-state index contributed by atoms with van der Waals surface area (Å²) in [6.07, 6.45) is 0. The summed E-state index contributed by atoms with van der Waals surface area (Å²) in [6, 6.07) is 14.3. The Morgan fingerprint density at radius 1 is 1.12 bits per heavy atom. The first-order valence-corrected chi connectivity index (χ1v) is 5.90. The summed E-state index contributed by atoms with van der Waals surface area (Å²) in [4.78, 5) is 0. The number of hydrogen-bond donors (Lipinski definition) is 2. The highest BCUT2D eigenvalue weighted by Crippen LogP contribution is 2.31. The lowest BCUT2D eigenvalue weighted by molar-refractivity contribution is 0.132. The van der Waals surface area contributed by atoms with Gasteiger partial charge in [0, 0.05) is 18.1 Å². The fraction of sp³-hybridized carbons (Fsp3) is 0.333. The average molecular weight is 229 g/mol. The lowest BCUT2D eigenvalue weighted by Gasteiger charge is -2.29. The molecule has 0 aliphatic rings. The van der Waals surface area contributed by atoms with E-state index in [4.69, 9.17) is 5.73 Å². The molecule has 0 bridgehead atoms. The zero-order chi connectivity index (χ0) is 12.5. The van der Waals surface area contributed by atoms with E-state index in [1.54, 1.807) is 0 Å². The average Bonchev–Trinajstić information content (AvgIpc) is 2.37. The molecule has 0 fully saturated rings. The molecule has 0 saturated carbocycles. The maximum atomic E-state index is 9.36. The molecule has 90 valence electrons. The Morgan fingerprint density at radius 3 is 2.41 bits per heavy atom. The summed E-state index contributed by atoms with van der Waals surface area (Å²) in [6.45, 7) is 4.04. The van der Waals surface area contributed by atoms with Gasteiger partial charge in [-0.15, -0.1) is 0 Å². The molecule has 0 saturated heterocycles. The van der Waals surface area contributed by atoms with Crippen LogP contribution in [0.15, 0.2) is 42.5 Å². The lowest BCUT2D eigenvalue weighted by atomic mass is 9.81. The summed E-state index contributed by atoms with van der Waals surface area (Å²) < 4.78 is 0. The van der Waals surface area contributed by atoms with Crippen LogP contribution in [-0.4, -0.2) is 11.7 Å². The van der Waals surface area contributed by atoms with Gasteiger partial charge in [0.25, 0.3) is 0 Å². The smallest absolute Gasteiger partial charge is 0.0500 e. The zero-order valence-corrected chi connectivity index (χ0v) is 10.4. The fourth-order valence-corrected chi connectivity index (χ4v) is 1.95. The first-order valence-electron chi connectivity index (χ1n) is 5.90. The predicted octanol–water partition coefficient (Wildman–Crippen LogP) is 2.86. The van der Waals surface area contributed by atoms with E-state index in [9.17, 15) is 5.11 Å². The van der Waals surface area contributed by atoms with E-state index in [1.807, 2.05) is 32.0 Å². The van der Waals surface area contributed by atoms with E-state index in [2.05, 4.69) is 24.3 Å². The minimum atomic E-state index is -0.303. The first kappa shape index (κ1) is 12.1. The molecule has 0 unspecified atom stereocenters. The van der Waals surface area contributed by atoms with Gasteiger partial charge in [-0.1, -0.05) is 50.2 Å². The molecular formula is C15H19NO. The second-order valence-corrected chi connectivity index (χ2v) is 5.23. The molecule has 1 atom stereocenters. The monoisotopic (exact) mass is 229 g/mol. The standard InChI is InChI=1S/C15H19NO/c1-15(2,10-17)14(16)13-8-7-11-5-3-4-6-12(11)9-13/h3-9,14,17H,10,16H2,1-2H3/t14-/m1/s1. The summed E-state index contributed by atoms with van der Waals surface area (Å²) in [7, 11) is 0. The number of aliphatic hydroxyl groups excluding tert-OH is 1. The molecule has 2 aromatic rings. The van der Waals surface area contributed by atoms with Crippen LogP contribution < -0.4 is 5.73 Å². The second kappa shape index (κ2) is 4.47. The summed E-state index contributed by atoms with van der Waals surface area (Å²) in [5.74, 6) is 0. The van der Waals surface area contributed by atoms with Gasteiger partial charge in [0.15, 0.2) is 0 Å². The highest BCUT2D eigenvalue weighted by atomic mass is 16.3. The maximum Gasteiger partial charge on any atom is 0.0500 e. The molecule has 0 spiro atoms. The van der Waals surface area contributed by atoms with Crippen molar-refractivity contribution >= 4 is 10.8 Å². The Labute approximate surface area is 102 Å². The van der Waals surface area contributed by atoms with Gasteiger partial charge in [-0.05, 0) is 22.4 Å². The number of hydrogen-bond acceptors (Lipinski definition) is 2. The Bertz CT molecular complexity index is 519. The third-order valence-corrected chi connectivity index (χ3v) is 3.38. The van der Waals surface area contributed by atoms with E-state index < -0.39 is 0 Å². The number of benzene rings is 2. The molecule has 0 aliphatic heterocycles. The van der Waals surface area contributed by atoms with E-state index in [0.717, 1.165) is 5.56 Å². The van der Waals surface area contributed by atoms with Crippen molar-refractivity contribution in [2.24, 2.45) is 11.1 Å². The van der Waals surface area contributed by atoms with E-state index in [-0.39, 0.29) is 18.1 Å². The Morgan fingerprint density at radius 2 is 1.76 bits per heavy atom. The van der Waals surface area contributed by atoms with Crippen LogP contribution in [0.2, 0.25) is 0 Å². The molecule has 0 aromatic heterocycles. The van der Waals surface area contributed by atoms with Gasteiger partial charge in [0.2, 0.25) is 0 Å². The van der Waals surface area contributed by atoms with Crippen molar-refractivity contribution in [3.63, 3.8) is 0 Å². The Balaban J connectivity index is 2.43. The maximum absolute atomic E-state index is 9.36. The molecule has 0 aliphatic carbocycles.